The third-order valence-electron chi connectivity index (χ3n) is 4.04. The minimum absolute atomic E-state index is 0.285. The van der Waals surface area contributed by atoms with Gasteiger partial charge in [-0.25, -0.2) is 0 Å². The summed E-state index contributed by atoms with van der Waals surface area (Å²) in [5, 5.41) is 6.56. The molecule has 1 aliphatic heterocycles. The average molecular weight is 371 g/mol. The number of guanidine groups is 1. The van der Waals surface area contributed by atoms with Gasteiger partial charge in [-0.15, -0.1) is 0 Å². The molecular formula is C20H25N3O4. The zero-order chi connectivity index (χ0) is 18.9. The van der Waals surface area contributed by atoms with Crippen LogP contribution < -0.4 is 29.6 Å². The van der Waals surface area contributed by atoms with Gasteiger partial charge in [-0.1, -0.05) is 12.1 Å². The van der Waals surface area contributed by atoms with Crippen LogP contribution in [-0.4, -0.2) is 40.1 Å². The summed E-state index contributed by atoms with van der Waals surface area (Å²) < 4.78 is 21.6. The Hall–Kier alpha value is -3.09. The number of benzene rings is 2. The van der Waals surface area contributed by atoms with E-state index in [0.29, 0.717) is 13.2 Å². The average Bonchev–Trinajstić information content (AvgIpc) is 3.18. The number of methoxy groups -OCH3 is 1. The Labute approximate surface area is 159 Å². The Morgan fingerprint density at radius 3 is 2.78 bits per heavy atom. The predicted molar refractivity (Wildman–Crippen MR) is 104 cm³/mol. The van der Waals surface area contributed by atoms with Crippen LogP contribution in [0.4, 0.5) is 0 Å². The summed E-state index contributed by atoms with van der Waals surface area (Å²) in [5.41, 5.74) is 1.10. The Morgan fingerprint density at radius 1 is 1.07 bits per heavy atom. The van der Waals surface area contributed by atoms with Gasteiger partial charge < -0.3 is 29.6 Å². The van der Waals surface area contributed by atoms with Crippen molar-refractivity contribution < 1.29 is 18.9 Å². The van der Waals surface area contributed by atoms with Crippen LogP contribution in [0.15, 0.2) is 47.5 Å². The molecule has 0 saturated heterocycles. The highest BCUT2D eigenvalue weighted by atomic mass is 16.7. The molecular weight excluding hydrogens is 346 g/mol. The predicted octanol–water partition coefficient (Wildman–Crippen LogP) is 2.56. The number of fused-ring (bicyclic) bond motifs is 1. The molecule has 1 heterocycles. The quantitative estimate of drug-likeness (QED) is 0.422. The van der Waals surface area contributed by atoms with Gasteiger partial charge in [0.2, 0.25) is 6.79 Å². The minimum Gasteiger partial charge on any atom is -0.497 e. The molecule has 0 radical (unpaired) electrons. The molecule has 7 heteroatoms. The number of hydrogen-bond donors (Lipinski definition) is 2. The van der Waals surface area contributed by atoms with Crippen molar-refractivity contribution in [1.29, 1.82) is 0 Å². The highest BCUT2D eigenvalue weighted by molar-refractivity contribution is 5.79. The van der Waals surface area contributed by atoms with Crippen molar-refractivity contribution in [3.8, 4) is 23.0 Å². The fraction of sp³-hybridized carbons (Fsp3) is 0.350. The van der Waals surface area contributed by atoms with E-state index in [9.17, 15) is 0 Å². The smallest absolute Gasteiger partial charge is 0.231 e. The minimum atomic E-state index is 0.285. The van der Waals surface area contributed by atoms with E-state index >= 15 is 0 Å². The lowest BCUT2D eigenvalue weighted by Gasteiger charge is -2.13. The first-order valence-corrected chi connectivity index (χ1v) is 8.88. The number of hydrogen-bond acceptors (Lipinski definition) is 5. The maximum absolute atomic E-state index is 5.73. The van der Waals surface area contributed by atoms with E-state index in [1.165, 1.54) is 0 Å². The number of nitrogens with one attached hydrogen (secondary N) is 2. The first-order chi connectivity index (χ1) is 13.3. The first-order valence-electron chi connectivity index (χ1n) is 8.88. The summed E-state index contributed by atoms with van der Waals surface area (Å²) in [6.07, 6.45) is 0.849. The summed E-state index contributed by atoms with van der Waals surface area (Å²) in [6.45, 7) is 2.30. The lowest BCUT2D eigenvalue weighted by atomic mass is 10.2. The monoisotopic (exact) mass is 371 g/mol. The number of ether oxygens (including phenoxy) is 4. The van der Waals surface area contributed by atoms with Crippen molar-refractivity contribution in [2.45, 2.75) is 13.0 Å². The van der Waals surface area contributed by atoms with E-state index in [-0.39, 0.29) is 6.79 Å². The third-order valence-corrected chi connectivity index (χ3v) is 4.04. The zero-order valence-electron chi connectivity index (χ0n) is 15.7. The van der Waals surface area contributed by atoms with Gasteiger partial charge in [0.25, 0.3) is 0 Å². The fourth-order valence-electron chi connectivity index (χ4n) is 2.62. The van der Waals surface area contributed by atoms with Gasteiger partial charge in [-0.2, -0.15) is 0 Å². The third kappa shape index (κ3) is 5.44. The topological polar surface area (TPSA) is 73.3 Å². The highest BCUT2D eigenvalue weighted by Crippen LogP contribution is 2.32. The van der Waals surface area contributed by atoms with Crippen molar-refractivity contribution in [3.63, 3.8) is 0 Å². The molecule has 0 atom stereocenters. The normalized spacial score (nSPS) is 12.6. The Balaban J connectivity index is 1.35. The van der Waals surface area contributed by atoms with Gasteiger partial charge in [-0.3, -0.25) is 4.99 Å². The molecule has 27 heavy (non-hydrogen) atoms. The van der Waals surface area contributed by atoms with Gasteiger partial charge in [-0.05, 0) is 36.2 Å². The largest absolute Gasteiger partial charge is 0.497 e. The maximum Gasteiger partial charge on any atom is 0.231 e. The van der Waals surface area contributed by atoms with Crippen molar-refractivity contribution >= 4 is 5.96 Å². The molecule has 0 bridgehead atoms. The molecule has 0 spiro atoms. The second kappa shape index (κ2) is 9.56. The van der Waals surface area contributed by atoms with Crippen molar-refractivity contribution in [3.05, 3.63) is 48.0 Å². The van der Waals surface area contributed by atoms with E-state index in [2.05, 4.69) is 15.6 Å². The molecule has 0 amide bonds. The Kier molecular flexibility index (Phi) is 6.62. The summed E-state index contributed by atoms with van der Waals surface area (Å²) in [6, 6.07) is 13.5. The van der Waals surface area contributed by atoms with Gasteiger partial charge in [0.05, 0.1) is 13.7 Å². The summed E-state index contributed by atoms with van der Waals surface area (Å²) in [4.78, 5) is 4.24. The van der Waals surface area contributed by atoms with Gasteiger partial charge in [0.15, 0.2) is 17.5 Å². The molecule has 0 aromatic heterocycles. The molecule has 3 rings (SSSR count). The van der Waals surface area contributed by atoms with Crippen molar-refractivity contribution in [2.24, 2.45) is 4.99 Å². The van der Waals surface area contributed by atoms with Crippen LogP contribution in [0, 0.1) is 0 Å². The summed E-state index contributed by atoms with van der Waals surface area (Å²) in [5.74, 6) is 3.91. The summed E-state index contributed by atoms with van der Waals surface area (Å²) in [7, 11) is 3.40. The number of aliphatic imine (C=N–C) groups is 1. The van der Waals surface area contributed by atoms with E-state index in [1.807, 2.05) is 42.5 Å². The summed E-state index contributed by atoms with van der Waals surface area (Å²) >= 11 is 0. The first kappa shape index (κ1) is 18.7. The van der Waals surface area contributed by atoms with Crippen LogP contribution in [-0.2, 0) is 6.54 Å². The molecule has 0 aliphatic carbocycles. The lowest BCUT2D eigenvalue weighted by Crippen LogP contribution is -2.37. The van der Waals surface area contributed by atoms with Gasteiger partial charge in [0.1, 0.15) is 11.5 Å². The molecule has 0 saturated carbocycles. The molecule has 0 fully saturated rings. The SMILES string of the molecule is CN=C(NCCCOc1cccc(OC)c1)NCc1ccc2c(c1)OCO2. The van der Waals surface area contributed by atoms with Crippen LogP contribution >= 0.6 is 0 Å². The van der Waals surface area contributed by atoms with E-state index in [4.69, 9.17) is 18.9 Å². The molecule has 2 aromatic carbocycles. The second-order valence-corrected chi connectivity index (χ2v) is 5.92. The molecule has 2 N–H and O–H groups in total. The number of rotatable bonds is 8. The van der Waals surface area contributed by atoms with E-state index in [0.717, 1.165) is 47.5 Å². The molecule has 1 aliphatic rings. The second-order valence-electron chi connectivity index (χ2n) is 5.92. The van der Waals surface area contributed by atoms with E-state index in [1.54, 1.807) is 14.2 Å². The fourth-order valence-corrected chi connectivity index (χ4v) is 2.62. The molecule has 0 unspecified atom stereocenters. The van der Waals surface area contributed by atoms with Crippen molar-refractivity contribution in [2.75, 3.05) is 34.1 Å². The van der Waals surface area contributed by atoms with Crippen molar-refractivity contribution in [1.82, 2.24) is 10.6 Å². The standard InChI is InChI=1S/C20H25N3O4/c1-21-20(23-13-15-7-8-18-19(11-15)27-14-26-18)22-9-4-10-25-17-6-3-5-16(12-17)24-2/h3,5-8,11-12H,4,9-10,13-14H2,1-2H3,(H2,21,22,23). The van der Waals surface area contributed by atoms with Crippen LogP contribution in [0.25, 0.3) is 0 Å². The Morgan fingerprint density at radius 2 is 1.93 bits per heavy atom. The van der Waals surface area contributed by atoms with Crippen LogP contribution in [0.5, 0.6) is 23.0 Å². The highest BCUT2D eigenvalue weighted by Gasteiger charge is 2.13. The van der Waals surface area contributed by atoms with Crippen LogP contribution in [0.1, 0.15) is 12.0 Å². The molecule has 2 aromatic rings. The molecule has 7 nitrogen and oxygen atoms in total. The molecule has 144 valence electrons. The zero-order valence-corrected chi connectivity index (χ0v) is 15.7. The Bertz CT molecular complexity index is 780. The van der Waals surface area contributed by atoms with Crippen LogP contribution in [0.3, 0.4) is 0 Å². The maximum atomic E-state index is 5.73. The van der Waals surface area contributed by atoms with E-state index < -0.39 is 0 Å². The van der Waals surface area contributed by atoms with Gasteiger partial charge in [0, 0.05) is 26.2 Å². The van der Waals surface area contributed by atoms with Gasteiger partial charge >= 0.3 is 0 Å². The number of nitrogens with zero attached hydrogens (tertiary/aromatic N) is 1. The lowest BCUT2D eigenvalue weighted by molar-refractivity contribution is 0.174. The van der Waals surface area contributed by atoms with Crippen LogP contribution in [0.2, 0.25) is 0 Å².